The molecule has 19 heavy (non-hydrogen) atoms. The van der Waals surface area contributed by atoms with Gasteiger partial charge in [-0.1, -0.05) is 20.8 Å². The van der Waals surface area contributed by atoms with Crippen LogP contribution in [-0.4, -0.2) is 28.0 Å². The third kappa shape index (κ3) is 5.38. The van der Waals surface area contributed by atoms with Crippen molar-refractivity contribution in [1.29, 1.82) is 0 Å². The van der Waals surface area contributed by atoms with Crippen LogP contribution < -0.4 is 5.32 Å². The molecule has 1 atom stereocenters. The van der Waals surface area contributed by atoms with Gasteiger partial charge in [0, 0.05) is 5.38 Å². The maximum Gasteiger partial charge on any atom is 0.326 e. The summed E-state index contributed by atoms with van der Waals surface area (Å²) in [6.45, 7) is 5.86. The number of carbonyl (C=O) groups is 2. The molecule has 6 heteroatoms. The highest BCUT2D eigenvalue weighted by Gasteiger charge is 2.21. The molecule has 1 aromatic rings. The minimum atomic E-state index is -0.990. The Morgan fingerprint density at radius 1 is 1.47 bits per heavy atom. The first-order chi connectivity index (χ1) is 8.92. The first-order valence-corrected chi connectivity index (χ1v) is 7.25. The summed E-state index contributed by atoms with van der Waals surface area (Å²) in [4.78, 5) is 27.1. The lowest BCUT2D eigenvalue weighted by Gasteiger charge is -2.15. The number of aromatic nitrogens is 1. The Bertz CT molecular complexity index is 443. The van der Waals surface area contributed by atoms with E-state index >= 15 is 0 Å². The topological polar surface area (TPSA) is 79.3 Å². The first kappa shape index (κ1) is 15.6. The van der Waals surface area contributed by atoms with E-state index in [1.165, 1.54) is 11.3 Å². The number of nitrogens with one attached hydrogen (secondary N) is 1. The van der Waals surface area contributed by atoms with Crippen molar-refractivity contribution in [1.82, 2.24) is 10.3 Å². The monoisotopic (exact) mass is 284 g/mol. The molecule has 0 fully saturated rings. The van der Waals surface area contributed by atoms with Crippen molar-refractivity contribution in [2.45, 2.75) is 46.1 Å². The fourth-order valence-corrected chi connectivity index (χ4v) is 2.54. The van der Waals surface area contributed by atoms with Gasteiger partial charge in [-0.25, -0.2) is 9.78 Å². The molecule has 0 unspecified atom stereocenters. The van der Waals surface area contributed by atoms with E-state index in [0.29, 0.717) is 6.42 Å². The van der Waals surface area contributed by atoms with E-state index < -0.39 is 12.0 Å². The van der Waals surface area contributed by atoms with Crippen LogP contribution in [0.3, 0.4) is 0 Å². The van der Waals surface area contributed by atoms with Crippen LogP contribution in [0.2, 0.25) is 0 Å². The van der Waals surface area contributed by atoms with Crippen LogP contribution in [-0.2, 0) is 22.4 Å². The Morgan fingerprint density at radius 2 is 2.16 bits per heavy atom. The predicted octanol–water partition coefficient (Wildman–Crippen LogP) is 1.86. The molecule has 0 aromatic carbocycles. The van der Waals surface area contributed by atoms with Gasteiger partial charge in [0.1, 0.15) is 11.0 Å². The Morgan fingerprint density at radius 3 is 2.63 bits per heavy atom. The summed E-state index contributed by atoms with van der Waals surface area (Å²) < 4.78 is 0. The van der Waals surface area contributed by atoms with E-state index in [2.05, 4.69) is 10.3 Å². The summed E-state index contributed by atoms with van der Waals surface area (Å²) in [6.07, 6.45) is 1.41. The molecular weight excluding hydrogens is 264 g/mol. The van der Waals surface area contributed by atoms with Crippen molar-refractivity contribution in [3.63, 3.8) is 0 Å². The highest BCUT2D eigenvalue weighted by molar-refractivity contribution is 7.09. The number of hydrogen-bond acceptors (Lipinski definition) is 4. The summed E-state index contributed by atoms with van der Waals surface area (Å²) in [6, 6.07) is -0.821. The molecule has 0 radical (unpaired) electrons. The second-order valence-electron chi connectivity index (χ2n) is 4.85. The zero-order valence-corrected chi connectivity index (χ0v) is 12.3. The largest absolute Gasteiger partial charge is 0.480 e. The molecule has 0 bridgehead atoms. The number of rotatable bonds is 7. The molecule has 0 aliphatic heterocycles. The van der Waals surface area contributed by atoms with Gasteiger partial charge in [-0.15, -0.1) is 11.3 Å². The molecule has 0 saturated heterocycles. The van der Waals surface area contributed by atoms with Crippen molar-refractivity contribution >= 4 is 23.2 Å². The maximum atomic E-state index is 11.8. The van der Waals surface area contributed by atoms with Crippen molar-refractivity contribution in [3.8, 4) is 0 Å². The molecule has 106 valence electrons. The molecule has 0 aliphatic carbocycles. The number of aryl methyl sites for hydroxylation is 1. The normalized spacial score (nSPS) is 12.4. The lowest BCUT2D eigenvalue weighted by molar-refractivity contribution is -0.142. The van der Waals surface area contributed by atoms with Gasteiger partial charge < -0.3 is 10.4 Å². The second-order valence-corrected chi connectivity index (χ2v) is 5.79. The van der Waals surface area contributed by atoms with Gasteiger partial charge in [0.2, 0.25) is 5.91 Å². The fraction of sp³-hybridized carbons (Fsp3) is 0.615. The standard InChI is InChI=1S/C13H20N2O3S/c1-4-9-7-19-12(14-9)6-11(16)15-10(13(17)18)5-8(2)3/h7-8,10H,4-6H2,1-3H3,(H,15,16)(H,17,18)/t10-/m0/s1. The summed E-state index contributed by atoms with van der Waals surface area (Å²) in [5.74, 6) is -1.06. The quantitative estimate of drug-likeness (QED) is 0.801. The molecule has 1 aromatic heterocycles. The summed E-state index contributed by atoms with van der Waals surface area (Å²) >= 11 is 1.43. The molecule has 0 saturated carbocycles. The third-order valence-electron chi connectivity index (χ3n) is 2.61. The highest BCUT2D eigenvalue weighted by Crippen LogP contribution is 2.11. The van der Waals surface area contributed by atoms with Crippen LogP contribution in [0.25, 0.3) is 0 Å². The number of carboxylic acids is 1. The highest BCUT2D eigenvalue weighted by atomic mass is 32.1. The van der Waals surface area contributed by atoms with Crippen LogP contribution in [0.15, 0.2) is 5.38 Å². The molecule has 5 nitrogen and oxygen atoms in total. The Labute approximate surface area is 117 Å². The summed E-state index contributed by atoms with van der Waals surface area (Å²) in [5, 5.41) is 14.3. The summed E-state index contributed by atoms with van der Waals surface area (Å²) in [7, 11) is 0. The molecule has 0 aliphatic rings. The van der Waals surface area contributed by atoms with Crippen molar-refractivity contribution in [2.75, 3.05) is 0 Å². The average Bonchev–Trinajstić information content (AvgIpc) is 2.75. The van der Waals surface area contributed by atoms with Crippen molar-refractivity contribution in [2.24, 2.45) is 5.92 Å². The molecule has 1 rings (SSSR count). The minimum absolute atomic E-state index is 0.145. The Kier molecular flexibility index (Phi) is 5.95. The molecular formula is C13H20N2O3S. The molecule has 0 spiro atoms. The maximum absolute atomic E-state index is 11.8. The smallest absolute Gasteiger partial charge is 0.326 e. The third-order valence-corrected chi connectivity index (χ3v) is 3.51. The zero-order valence-electron chi connectivity index (χ0n) is 11.5. The predicted molar refractivity (Wildman–Crippen MR) is 74.2 cm³/mol. The van der Waals surface area contributed by atoms with Crippen LogP contribution in [0.4, 0.5) is 0 Å². The second kappa shape index (κ2) is 7.23. The van der Waals surface area contributed by atoms with Crippen molar-refractivity contribution < 1.29 is 14.7 Å². The number of aliphatic carboxylic acids is 1. The van der Waals surface area contributed by atoms with E-state index in [-0.39, 0.29) is 18.2 Å². The van der Waals surface area contributed by atoms with Crippen LogP contribution in [0.5, 0.6) is 0 Å². The Balaban J connectivity index is 2.54. The fourth-order valence-electron chi connectivity index (χ4n) is 1.67. The van der Waals surface area contributed by atoms with Gasteiger partial charge in [-0.2, -0.15) is 0 Å². The minimum Gasteiger partial charge on any atom is -0.480 e. The van der Waals surface area contributed by atoms with Gasteiger partial charge in [0.25, 0.3) is 0 Å². The first-order valence-electron chi connectivity index (χ1n) is 6.37. The Hall–Kier alpha value is -1.43. The van der Waals surface area contributed by atoms with Crippen LogP contribution in [0, 0.1) is 5.92 Å². The van der Waals surface area contributed by atoms with Gasteiger partial charge in [-0.05, 0) is 18.8 Å². The van der Waals surface area contributed by atoms with Gasteiger partial charge in [0.15, 0.2) is 0 Å². The number of nitrogens with zero attached hydrogens (tertiary/aromatic N) is 1. The molecule has 1 heterocycles. The average molecular weight is 284 g/mol. The van der Waals surface area contributed by atoms with Crippen LogP contribution in [0.1, 0.15) is 37.9 Å². The van der Waals surface area contributed by atoms with E-state index in [9.17, 15) is 9.59 Å². The molecule has 1 amide bonds. The van der Waals surface area contributed by atoms with Crippen LogP contribution >= 0.6 is 11.3 Å². The number of amides is 1. The van der Waals surface area contributed by atoms with E-state index in [4.69, 9.17) is 5.11 Å². The van der Waals surface area contributed by atoms with Gasteiger partial charge in [0.05, 0.1) is 12.1 Å². The van der Waals surface area contributed by atoms with Crippen molar-refractivity contribution in [3.05, 3.63) is 16.1 Å². The molecule has 2 N–H and O–H groups in total. The number of hydrogen-bond donors (Lipinski definition) is 2. The van der Waals surface area contributed by atoms with E-state index in [1.807, 2.05) is 26.2 Å². The number of thiazole rings is 1. The summed E-state index contributed by atoms with van der Waals surface area (Å²) in [5.41, 5.74) is 0.963. The van der Waals surface area contributed by atoms with E-state index in [0.717, 1.165) is 17.1 Å². The van der Waals surface area contributed by atoms with Gasteiger partial charge >= 0.3 is 5.97 Å². The zero-order chi connectivity index (χ0) is 14.4. The number of carboxylic acid groups (broad SMARTS) is 1. The van der Waals surface area contributed by atoms with Gasteiger partial charge in [-0.3, -0.25) is 4.79 Å². The number of carbonyl (C=O) groups excluding carboxylic acids is 1. The van der Waals surface area contributed by atoms with E-state index in [1.54, 1.807) is 0 Å². The lowest BCUT2D eigenvalue weighted by atomic mass is 10.0. The lowest BCUT2D eigenvalue weighted by Crippen LogP contribution is -2.42. The SMILES string of the molecule is CCc1csc(CC(=O)N[C@@H](CC(C)C)C(=O)O)n1.